The van der Waals surface area contributed by atoms with E-state index in [0.717, 1.165) is 22.4 Å². The van der Waals surface area contributed by atoms with E-state index < -0.39 is 0 Å². The van der Waals surface area contributed by atoms with Crippen LogP contribution in [0.4, 0.5) is 11.4 Å². The summed E-state index contributed by atoms with van der Waals surface area (Å²) in [6.45, 7) is 36.0. The topological polar surface area (TPSA) is 20.1 Å². The number of aromatic nitrogens is 1. The molecule has 0 radical (unpaired) electrons. The third-order valence-electron chi connectivity index (χ3n) is 9.84. The van der Waals surface area contributed by atoms with Crippen LogP contribution in [-0.2, 0) is 44.0 Å². The summed E-state index contributed by atoms with van der Waals surface area (Å²) in [5, 5.41) is 2.59. The van der Waals surface area contributed by atoms with Crippen LogP contribution in [-0.4, -0.2) is 15.2 Å². The van der Waals surface area contributed by atoms with Gasteiger partial charge in [0.05, 0.1) is 0 Å². The molecule has 3 nitrogen and oxygen atoms in total. The van der Waals surface area contributed by atoms with Gasteiger partial charge in [-0.3, -0.25) is 0 Å². The molecule has 0 atom stereocenters. The Morgan fingerprint density at radius 3 is 1.00 bits per heavy atom. The van der Waals surface area contributed by atoms with Crippen LogP contribution >= 0.6 is 0 Å². The van der Waals surface area contributed by atoms with Crippen molar-refractivity contribution in [2.75, 3.05) is 0 Å². The molecule has 1 aliphatic rings. The SMILES string of the molecule is CC(C)(C)c1cc([N+]2=C=[N+](c3cc(C(C)(C)C)cc(C(C)(C)C)c3)C=C2)cc(C(C)(C)C)c1.Cc1cc(C)c2[n-]c3c(C)cc(C)cc3c2c1.[Au+]. The molecule has 0 N–H and O–H groups in total. The first-order valence-corrected chi connectivity index (χ1v) is 18.2. The van der Waals surface area contributed by atoms with E-state index in [1.54, 1.807) is 0 Å². The van der Waals surface area contributed by atoms with Crippen LogP contribution in [0.25, 0.3) is 21.8 Å². The molecule has 5 aromatic rings. The fourth-order valence-electron chi connectivity index (χ4n) is 6.58. The first-order valence-electron chi connectivity index (χ1n) is 18.2. The van der Waals surface area contributed by atoms with Crippen LogP contribution < -0.4 is 4.98 Å². The maximum Gasteiger partial charge on any atom is 1.00 e. The smallest absolute Gasteiger partial charge is 0.656 e. The monoisotopic (exact) mass is 863 g/mol. The summed E-state index contributed by atoms with van der Waals surface area (Å²) in [5.41, 5.74) is 15.5. The van der Waals surface area contributed by atoms with Gasteiger partial charge in [-0.1, -0.05) is 151 Å². The number of hydrogen-bond acceptors (Lipinski definition) is 0. The minimum atomic E-state index is 0. The number of nitrogens with zero attached hydrogens (tertiary/aromatic N) is 3. The molecule has 1 aliphatic heterocycles. The zero-order chi connectivity index (χ0) is 37.1. The standard InChI is InChI=1S/C31H44N2.C16H16N.Au/c1-28(2,3)22-15-23(29(4,5)6)18-26(17-22)32-13-14-33(21-32)27-19-24(30(7,8)9)16-25(20-27)31(10,11)12;1-9-5-11(3)15-13(7-9)14-8-10(2)6-12(4)16(14)17-15;/h13-20H,1-12H3;5-8H,1-4H3;/q+2;-1;+1. The first kappa shape index (κ1) is 40.3. The van der Waals surface area contributed by atoms with Gasteiger partial charge in [-0.25, -0.2) is 0 Å². The van der Waals surface area contributed by atoms with Crippen molar-refractivity contribution in [1.29, 1.82) is 0 Å². The number of fused-ring (bicyclic) bond motifs is 3. The summed E-state index contributed by atoms with van der Waals surface area (Å²) in [5.74, 6) is 0. The molecule has 6 rings (SSSR count). The summed E-state index contributed by atoms with van der Waals surface area (Å²) >= 11 is 0. The van der Waals surface area contributed by atoms with E-state index in [4.69, 9.17) is 4.98 Å². The van der Waals surface area contributed by atoms with Crippen LogP contribution in [0, 0.1) is 27.7 Å². The Hall–Kier alpha value is -3.46. The first-order chi connectivity index (χ1) is 22.9. The van der Waals surface area contributed by atoms with Gasteiger partial charge >= 0.3 is 28.4 Å². The van der Waals surface area contributed by atoms with E-state index in [1.807, 2.05) is 0 Å². The van der Waals surface area contributed by atoms with Crippen molar-refractivity contribution < 1.29 is 31.5 Å². The maximum absolute atomic E-state index is 4.80. The predicted octanol–water partition coefficient (Wildman–Crippen LogP) is 12.7. The Labute approximate surface area is 324 Å². The van der Waals surface area contributed by atoms with Gasteiger partial charge < -0.3 is 4.98 Å². The van der Waals surface area contributed by atoms with Gasteiger partial charge in [-0.15, -0.1) is 11.0 Å². The molecular weight excluding hydrogens is 804 g/mol. The minimum Gasteiger partial charge on any atom is -0.656 e. The number of hydrogen-bond donors (Lipinski definition) is 0. The van der Waals surface area contributed by atoms with Crippen LogP contribution in [0.2, 0.25) is 0 Å². The predicted molar refractivity (Wildman–Crippen MR) is 215 cm³/mol. The van der Waals surface area contributed by atoms with Gasteiger partial charge in [0.25, 0.3) is 12.4 Å². The van der Waals surface area contributed by atoms with Crippen molar-refractivity contribution in [1.82, 2.24) is 4.98 Å². The molecule has 0 saturated heterocycles. The van der Waals surface area contributed by atoms with Crippen molar-refractivity contribution in [2.45, 2.75) is 132 Å². The molecule has 0 spiro atoms. The molecule has 4 aromatic carbocycles. The second-order valence-electron chi connectivity index (χ2n) is 18.7. The summed E-state index contributed by atoms with van der Waals surface area (Å²) in [6.07, 6.45) is 4.24. The second-order valence-corrected chi connectivity index (χ2v) is 18.7. The van der Waals surface area contributed by atoms with E-state index in [9.17, 15) is 0 Å². The molecule has 0 aliphatic carbocycles. The molecular formula is C47H60AuN3+2. The molecule has 4 heteroatoms. The fourth-order valence-corrected chi connectivity index (χ4v) is 6.58. The van der Waals surface area contributed by atoms with Crippen LogP contribution in [0.1, 0.15) is 128 Å². The molecule has 2 heterocycles. The van der Waals surface area contributed by atoms with Gasteiger partial charge in [-0.2, -0.15) is 0 Å². The Morgan fingerprint density at radius 1 is 0.431 bits per heavy atom. The van der Waals surface area contributed by atoms with E-state index in [-0.39, 0.29) is 44.0 Å². The summed E-state index contributed by atoms with van der Waals surface area (Å²) in [4.78, 5) is 4.80. The van der Waals surface area contributed by atoms with Crippen molar-refractivity contribution >= 4 is 39.2 Å². The summed E-state index contributed by atoms with van der Waals surface area (Å²) < 4.78 is 4.26. The number of aryl methyl sites for hydroxylation is 4. The van der Waals surface area contributed by atoms with Crippen LogP contribution in [0.5, 0.6) is 0 Å². The Balaban J connectivity index is 0.000000270. The fraction of sp³-hybridized carbons (Fsp3) is 0.426. The van der Waals surface area contributed by atoms with Crippen molar-refractivity contribution in [3.63, 3.8) is 0 Å². The van der Waals surface area contributed by atoms with E-state index in [2.05, 4.69) is 199 Å². The van der Waals surface area contributed by atoms with E-state index in [0.29, 0.717) is 0 Å². The van der Waals surface area contributed by atoms with Crippen molar-refractivity contribution in [2.24, 2.45) is 0 Å². The van der Waals surface area contributed by atoms with Crippen molar-refractivity contribution in [3.8, 4) is 0 Å². The molecule has 1 aromatic heterocycles. The molecule has 0 fully saturated rings. The van der Waals surface area contributed by atoms with Gasteiger partial charge in [-0.05, 0) is 82.4 Å². The second kappa shape index (κ2) is 14.2. The average Bonchev–Trinajstić information content (AvgIpc) is 3.62. The number of rotatable bonds is 2. The van der Waals surface area contributed by atoms with E-state index >= 15 is 0 Å². The van der Waals surface area contributed by atoms with Crippen molar-refractivity contribution in [3.05, 3.63) is 118 Å². The molecule has 0 bridgehead atoms. The Kier molecular flexibility index (Phi) is 11.2. The van der Waals surface area contributed by atoms with Crippen LogP contribution in [0.15, 0.2) is 73.1 Å². The van der Waals surface area contributed by atoms with Crippen LogP contribution in [0.3, 0.4) is 0 Å². The van der Waals surface area contributed by atoms with Gasteiger partial charge in [0.15, 0.2) is 0 Å². The quantitative estimate of drug-likeness (QED) is 0.128. The Bertz CT molecular complexity index is 1990. The largest absolute Gasteiger partial charge is 1.00 e. The van der Waals surface area contributed by atoms with Gasteiger partial charge in [0, 0.05) is 24.3 Å². The zero-order valence-electron chi connectivity index (χ0n) is 34.1. The normalized spacial score (nSPS) is 13.6. The molecule has 51 heavy (non-hydrogen) atoms. The molecule has 272 valence electrons. The molecule has 0 amide bonds. The number of benzene rings is 4. The average molecular weight is 864 g/mol. The zero-order valence-corrected chi connectivity index (χ0v) is 36.2. The molecule has 0 unspecified atom stereocenters. The summed E-state index contributed by atoms with van der Waals surface area (Å²) in [7, 11) is 0. The third kappa shape index (κ3) is 8.95. The molecule has 0 saturated carbocycles. The third-order valence-corrected chi connectivity index (χ3v) is 9.84. The van der Waals surface area contributed by atoms with Gasteiger partial charge in [0.2, 0.25) is 11.4 Å². The summed E-state index contributed by atoms with van der Waals surface area (Å²) in [6, 6.07) is 26.5. The van der Waals surface area contributed by atoms with E-state index in [1.165, 1.54) is 55.3 Å². The maximum atomic E-state index is 4.80. The minimum absolute atomic E-state index is 0. The van der Waals surface area contributed by atoms with Gasteiger partial charge in [0.1, 0.15) is 0 Å². The Morgan fingerprint density at radius 2 is 0.725 bits per heavy atom.